The highest BCUT2D eigenvalue weighted by Gasteiger charge is 2.00. The highest BCUT2D eigenvalue weighted by atomic mass is 16.6. The summed E-state index contributed by atoms with van der Waals surface area (Å²) in [5, 5.41) is 11.8. The summed E-state index contributed by atoms with van der Waals surface area (Å²) in [6, 6.07) is 0. The van der Waals surface area contributed by atoms with Crippen molar-refractivity contribution in [3.05, 3.63) is 5.82 Å². The van der Waals surface area contributed by atoms with Crippen LogP contribution in [0.2, 0.25) is 0 Å². The molecule has 5 heteroatoms. The molecule has 0 radical (unpaired) electrons. The second-order valence-electron chi connectivity index (χ2n) is 1.68. The molecular weight excluding hydrogens is 136 g/mol. The fraction of sp³-hybridized carbons (Fsp3) is 0.600. The van der Waals surface area contributed by atoms with E-state index in [1.165, 1.54) is 0 Å². The lowest BCUT2D eigenvalue weighted by Crippen LogP contribution is -2.01. The zero-order chi connectivity index (χ0) is 7.40. The van der Waals surface area contributed by atoms with E-state index in [1.807, 2.05) is 0 Å². The Hall–Kier alpha value is -1.10. The molecule has 1 aromatic rings. The second kappa shape index (κ2) is 3.17. The molecule has 56 valence electrons. The van der Waals surface area contributed by atoms with Crippen molar-refractivity contribution in [2.45, 2.75) is 6.92 Å². The van der Waals surface area contributed by atoms with Crippen LogP contribution in [0.3, 0.4) is 0 Å². The van der Waals surface area contributed by atoms with E-state index in [0.29, 0.717) is 5.82 Å². The van der Waals surface area contributed by atoms with Gasteiger partial charge in [0, 0.05) is 0 Å². The summed E-state index contributed by atoms with van der Waals surface area (Å²) in [5.74, 6) is 0.521. The third kappa shape index (κ3) is 1.70. The lowest BCUT2D eigenvalue weighted by atomic mass is 10.7. The van der Waals surface area contributed by atoms with Crippen molar-refractivity contribution in [2.24, 2.45) is 0 Å². The number of aliphatic hydroxyl groups is 1. The van der Waals surface area contributed by atoms with E-state index in [4.69, 9.17) is 9.84 Å². The fourth-order valence-corrected chi connectivity index (χ4v) is 0.470. The van der Waals surface area contributed by atoms with Crippen molar-refractivity contribution in [1.82, 2.24) is 10.1 Å². The van der Waals surface area contributed by atoms with Crippen LogP contribution < -0.4 is 4.74 Å². The molecular formula is C5H8N2O3. The van der Waals surface area contributed by atoms with Crippen LogP contribution in [0, 0.1) is 6.92 Å². The van der Waals surface area contributed by atoms with Crippen LogP contribution in [0.4, 0.5) is 0 Å². The van der Waals surface area contributed by atoms with Crippen LogP contribution in [0.15, 0.2) is 4.52 Å². The third-order valence-electron chi connectivity index (χ3n) is 0.826. The Morgan fingerprint density at radius 1 is 1.70 bits per heavy atom. The SMILES string of the molecule is Cc1noc(OCCO)n1. The highest BCUT2D eigenvalue weighted by Crippen LogP contribution is 2.03. The lowest BCUT2D eigenvalue weighted by Gasteiger charge is -1.92. The standard InChI is InChI=1S/C5H8N2O3/c1-4-6-5(10-7-4)9-3-2-8/h8H,2-3H2,1H3. The summed E-state index contributed by atoms with van der Waals surface area (Å²) < 4.78 is 9.36. The van der Waals surface area contributed by atoms with E-state index in [2.05, 4.69) is 14.7 Å². The summed E-state index contributed by atoms with van der Waals surface area (Å²) >= 11 is 0. The van der Waals surface area contributed by atoms with Gasteiger partial charge in [-0.25, -0.2) is 0 Å². The van der Waals surface area contributed by atoms with Crippen molar-refractivity contribution in [3.63, 3.8) is 0 Å². The van der Waals surface area contributed by atoms with Crippen LogP contribution in [-0.4, -0.2) is 28.5 Å². The normalized spacial score (nSPS) is 9.80. The Balaban J connectivity index is 2.42. The minimum Gasteiger partial charge on any atom is -0.446 e. The largest absolute Gasteiger partial charge is 0.446 e. The van der Waals surface area contributed by atoms with Gasteiger partial charge >= 0.3 is 6.08 Å². The molecule has 10 heavy (non-hydrogen) atoms. The number of aromatic nitrogens is 2. The van der Waals surface area contributed by atoms with Gasteiger partial charge in [-0.15, -0.1) is 0 Å². The molecule has 0 fully saturated rings. The summed E-state index contributed by atoms with van der Waals surface area (Å²) in [4.78, 5) is 3.74. The van der Waals surface area contributed by atoms with Crippen LogP contribution in [0.1, 0.15) is 5.82 Å². The maximum absolute atomic E-state index is 8.32. The van der Waals surface area contributed by atoms with E-state index in [-0.39, 0.29) is 19.3 Å². The molecule has 0 atom stereocenters. The molecule has 1 N–H and O–H groups in total. The number of ether oxygens (including phenoxy) is 1. The molecule has 0 aliphatic rings. The van der Waals surface area contributed by atoms with E-state index in [1.54, 1.807) is 6.92 Å². The number of rotatable bonds is 3. The number of aliphatic hydroxyl groups excluding tert-OH is 1. The first-order valence-electron chi connectivity index (χ1n) is 2.87. The van der Waals surface area contributed by atoms with Crippen molar-refractivity contribution in [2.75, 3.05) is 13.2 Å². The Kier molecular flexibility index (Phi) is 2.22. The molecule has 5 nitrogen and oxygen atoms in total. The number of aryl methyl sites for hydroxylation is 1. The second-order valence-corrected chi connectivity index (χ2v) is 1.68. The maximum atomic E-state index is 8.32. The monoisotopic (exact) mass is 144 g/mol. The van der Waals surface area contributed by atoms with Gasteiger partial charge in [0.15, 0.2) is 5.82 Å². The average molecular weight is 144 g/mol. The minimum absolute atomic E-state index is 0.0541. The van der Waals surface area contributed by atoms with E-state index >= 15 is 0 Å². The minimum atomic E-state index is -0.0541. The molecule has 0 saturated heterocycles. The first-order chi connectivity index (χ1) is 4.83. The van der Waals surface area contributed by atoms with Crippen molar-refractivity contribution in [3.8, 4) is 6.08 Å². The molecule has 1 rings (SSSR count). The van der Waals surface area contributed by atoms with Gasteiger partial charge in [0.25, 0.3) is 0 Å². The van der Waals surface area contributed by atoms with E-state index in [9.17, 15) is 0 Å². The number of hydrogen-bond acceptors (Lipinski definition) is 5. The fourth-order valence-electron chi connectivity index (χ4n) is 0.470. The maximum Gasteiger partial charge on any atom is 0.417 e. The quantitative estimate of drug-likeness (QED) is 0.633. The molecule has 0 aliphatic carbocycles. The smallest absolute Gasteiger partial charge is 0.417 e. The van der Waals surface area contributed by atoms with E-state index in [0.717, 1.165) is 0 Å². The summed E-state index contributed by atoms with van der Waals surface area (Å²) in [6.45, 7) is 1.82. The van der Waals surface area contributed by atoms with Gasteiger partial charge in [0.2, 0.25) is 0 Å². The molecule has 1 heterocycles. The Morgan fingerprint density at radius 2 is 2.50 bits per heavy atom. The number of nitrogens with zero attached hydrogens (tertiary/aromatic N) is 2. The van der Waals surface area contributed by atoms with Gasteiger partial charge in [-0.3, -0.25) is 4.52 Å². The topological polar surface area (TPSA) is 68.4 Å². The van der Waals surface area contributed by atoms with Crippen LogP contribution in [0.25, 0.3) is 0 Å². The third-order valence-corrected chi connectivity index (χ3v) is 0.826. The van der Waals surface area contributed by atoms with Crippen molar-refractivity contribution < 1.29 is 14.4 Å². The molecule has 0 amide bonds. The van der Waals surface area contributed by atoms with Gasteiger partial charge in [0.05, 0.1) is 6.61 Å². The molecule has 0 aromatic carbocycles. The predicted molar refractivity (Wildman–Crippen MR) is 31.6 cm³/mol. The van der Waals surface area contributed by atoms with Crippen LogP contribution >= 0.6 is 0 Å². The highest BCUT2D eigenvalue weighted by molar-refractivity contribution is 4.86. The van der Waals surface area contributed by atoms with Gasteiger partial charge < -0.3 is 9.84 Å². The first kappa shape index (κ1) is 7.01. The predicted octanol–water partition coefficient (Wildman–Crippen LogP) is -0.251. The Labute approximate surface area is 57.6 Å². The Morgan fingerprint density at radius 3 is 3.00 bits per heavy atom. The average Bonchev–Trinajstić information content (AvgIpc) is 2.31. The molecule has 0 unspecified atom stereocenters. The zero-order valence-corrected chi connectivity index (χ0v) is 5.57. The van der Waals surface area contributed by atoms with Crippen LogP contribution in [-0.2, 0) is 0 Å². The Bertz CT molecular complexity index is 199. The molecule has 0 aliphatic heterocycles. The van der Waals surface area contributed by atoms with Crippen molar-refractivity contribution >= 4 is 0 Å². The van der Waals surface area contributed by atoms with E-state index < -0.39 is 0 Å². The summed E-state index contributed by atoms with van der Waals surface area (Å²) in [5.41, 5.74) is 0. The molecule has 1 aromatic heterocycles. The van der Waals surface area contributed by atoms with Crippen molar-refractivity contribution in [1.29, 1.82) is 0 Å². The molecule has 0 bridgehead atoms. The summed E-state index contributed by atoms with van der Waals surface area (Å²) in [6.07, 6.45) is 0.103. The van der Waals surface area contributed by atoms with Gasteiger partial charge in [-0.1, -0.05) is 5.16 Å². The summed E-state index contributed by atoms with van der Waals surface area (Å²) in [7, 11) is 0. The first-order valence-corrected chi connectivity index (χ1v) is 2.87. The van der Waals surface area contributed by atoms with Gasteiger partial charge in [0.1, 0.15) is 6.61 Å². The van der Waals surface area contributed by atoms with Gasteiger partial charge in [-0.05, 0) is 6.92 Å². The zero-order valence-electron chi connectivity index (χ0n) is 5.57. The van der Waals surface area contributed by atoms with Gasteiger partial charge in [-0.2, -0.15) is 4.98 Å². The lowest BCUT2D eigenvalue weighted by molar-refractivity contribution is 0.153. The van der Waals surface area contributed by atoms with Crippen LogP contribution in [0.5, 0.6) is 6.08 Å². The number of hydrogen-bond donors (Lipinski definition) is 1. The molecule has 0 spiro atoms. The molecule has 0 saturated carbocycles.